The lowest BCUT2D eigenvalue weighted by molar-refractivity contribution is 0.0135. The van der Waals surface area contributed by atoms with E-state index in [4.69, 9.17) is 19.6 Å². The molecule has 8 heteroatoms. The number of nitrogens with zero attached hydrogens (tertiary/aromatic N) is 2. The Balaban J connectivity index is 0.00000312. The van der Waals surface area contributed by atoms with Crippen LogP contribution in [0.4, 0.5) is 0 Å². The van der Waals surface area contributed by atoms with Gasteiger partial charge in [0.1, 0.15) is 11.5 Å². The van der Waals surface area contributed by atoms with Crippen LogP contribution in [0, 0.1) is 6.92 Å². The fraction of sp³-hybridized carbons (Fsp3) is 0.706. The SMILES string of the molecule is CCOCCCNC(N)=NCC(c1ccc(C)o1)N1CCOCC1.I. The third-order valence-corrected chi connectivity index (χ3v) is 3.99. The molecule has 0 spiro atoms. The van der Waals surface area contributed by atoms with Crippen molar-refractivity contribution in [3.05, 3.63) is 23.7 Å². The van der Waals surface area contributed by atoms with Crippen molar-refractivity contribution in [3.63, 3.8) is 0 Å². The van der Waals surface area contributed by atoms with Gasteiger partial charge in [0.2, 0.25) is 0 Å². The number of guanidine groups is 1. The highest BCUT2D eigenvalue weighted by molar-refractivity contribution is 14.0. The number of nitrogens with two attached hydrogens (primary N) is 1. The third kappa shape index (κ3) is 7.93. The quantitative estimate of drug-likeness (QED) is 0.250. The molecule has 1 atom stereocenters. The van der Waals surface area contributed by atoms with Crippen LogP contribution in [0.1, 0.15) is 30.9 Å². The van der Waals surface area contributed by atoms with Crippen LogP contribution in [0.25, 0.3) is 0 Å². The maximum Gasteiger partial charge on any atom is 0.188 e. The Morgan fingerprint density at radius 2 is 2.16 bits per heavy atom. The van der Waals surface area contributed by atoms with Crippen molar-refractivity contribution in [2.45, 2.75) is 26.3 Å². The molecule has 0 radical (unpaired) electrons. The number of morpholine rings is 1. The van der Waals surface area contributed by atoms with Gasteiger partial charge in [0.05, 0.1) is 25.8 Å². The standard InChI is InChI=1S/C17H30N4O3.HI/c1-3-22-10-4-7-19-17(18)20-13-15(16-6-5-14(2)24-16)21-8-11-23-12-9-21;/h5-6,15H,3-4,7-13H2,1-2H3,(H3,18,19,20);1H. The van der Waals surface area contributed by atoms with Crippen LogP contribution < -0.4 is 11.1 Å². The molecule has 1 unspecified atom stereocenters. The Kier molecular flexibility index (Phi) is 11.1. The van der Waals surface area contributed by atoms with Crippen LogP contribution in [0.2, 0.25) is 0 Å². The number of nitrogens with one attached hydrogen (secondary N) is 1. The van der Waals surface area contributed by atoms with Gasteiger partial charge in [0.25, 0.3) is 0 Å². The minimum Gasteiger partial charge on any atom is -0.465 e. The lowest BCUT2D eigenvalue weighted by atomic mass is 10.2. The molecule has 2 heterocycles. The molecule has 7 nitrogen and oxygen atoms in total. The van der Waals surface area contributed by atoms with Gasteiger partial charge < -0.3 is 24.9 Å². The smallest absolute Gasteiger partial charge is 0.188 e. The maximum absolute atomic E-state index is 5.97. The van der Waals surface area contributed by atoms with Crippen LogP contribution in [-0.4, -0.2) is 63.5 Å². The van der Waals surface area contributed by atoms with E-state index in [0.717, 1.165) is 64.0 Å². The summed E-state index contributed by atoms with van der Waals surface area (Å²) in [6.45, 7) is 9.99. The number of ether oxygens (including phenoxy) is 2. The van der Waals surface area contributed by atoms with Crippen LogP contribution in [-0.2, 0) is 9.47 Å². The highest BCUT2D eigenvalue weighted by Crippen LogP contribution is 2.24. The molecule has 144 valence electrons. The molecule has 1 fully saturated rings. The van der Waals surface area contributed by atoms with Crippen molar-refractivity contribution in [3.8, 4) is 0 Å². The molecular formula is C17H31IN4O3. The predicted molar refractivity (Wildman–Crippen MR) is 110 cm³/mol. The molecule has 1 aromatic heterocycles. The van der Waals surface area contributed by atoms with E-state index in [9.17, 15) is 0 Å². The molecule has 1 aliphatic rings. The average Bonchev–Trinajstić information content (AvgIpc) is 3.02. The number of rotatable bonds is 9. The number of aryl methyl sites for hydroxylation is 1. The highest BCUT2D eigenvalue weighted by Gasteiger charge is 2.25. The molecule has 0 amide bonds. The highest BCUT2D eigenvalue weighted by atomic mass is 127. The van der Waals surface area contributed by atoms with Crippen molar-refractivity contribution >= 4 is 29.9 Å². The number of furan rings is 1. The van der Waals surface area contributed by atoms with Gasteiger partial charge in [-0.05, 0) is 32.4 Å². The molecule has 2 rings (SSSR count). The summed E-state index contributed by atoms with van der Waals surface area (Å²) >= 11 is 0. The van der Waals surface area contributed by atoms with Crippen molar-refractivity contribution < 1.29 is 13.9 Å². The zero-order chi connectivity index (χ0) is 17.2. The summed E-state index contributed by atoms with van der Waals surface area (Å²) in [6.07, 6.45) is 0.911. The summed E-state index contributed by atoms with van der Waals surface area (Å²) in [5.74, 6) is 2.31. The fourth-order valence-electron chi connectivity index (χ4n) is 2.68. The predicted octanol–water partition coefficient (Wildman–Crippen LogP) is 1.91. The molecule has 0 aromatic carbocycles. The van der Waals surface area contributed by atoms with Crippen molar-refractivity contribution in [1.29, 1.82) is 0 Å². The molecule has 25 heavy (non-hydrogen) atoms. The van der Waals surface area contributed by atoms with E-state index in [1.807, 2.05) is 26.0 Å². The number of hydrogen-bond donors (Lipinski definition) is 2. The Morgan fingerprint density at radius 3 is 2.80 bits per heavy atom. The van der Waals surface area contributed by atoms with Crippen molar-refractivity contribution in [2.75, 3.05) is 52.6 Å². The van der Waals surface area contributed by atoms with E-state index in [0.29, 0.717) is 12.5 Å². The molecule has 1 aromatic rings. The van der Waals surface area contributed by atoms with Crippen molar-refractivity contribution in [1.82, 2.24) is 10.2 Å². The Bertz CT molecular complexity index is 504. The summed E-state index contributed by atoms with van der Waals surface area (Å²) in [6, 6.07) is 4.10. The molecule has 0 saturated carbocycles. The molecule has 0 bridgehead atoms. The number of halogens is 1. The van der Waals surface area contributed by atoms with Gasteiger partial charge in [-0.1, -0.05) is 0 Å². The largest absolute Gasteiger partial charge is 0.465 e. The zero-order valence-corrected chi connectivity index (χ0v) is 17.5. The summed E-state index contributed by atoms with van der Waals surface area (Å²) < 4.78 is 16.6. The monoisotopic (exact) mass is 466 g/mol. The topological polar surface area (TPSA) is 85.2 Å². The first-order chi connectivity index (χ1) is 11.7. The van der Waals surface area contributed by atoms with E-state index in [2.05, 4.69) is 15.2 Å². The van der Waals surface area contributed by atoms with Gasteiger partial charge in [-0.15, -0.1) is 24.0 Å². The Hall–Kier alpha value is -0.840. The minimum atomic E-state index is 0. The van der Waals surface area contributed by atoms with E-state index in [-0.39, 0.29) is 30.0 Å². The lowest BCUT2D eigenvalue weighted by Gasteiger charge is -2.32. The third-order valence-electron chi connectivity index (χ3n) is 3.99. The van der Waals surface area contributed by atoms with Gasteiger partial charge in [-0.25, -0.2) is 0 Å². The summed E-state index contributed by atoms with van der Waals surface area (Å²) in [5, 5.41) is 3.13. The van der Waals surface area contributed by atoms with Gasteiger partial charge in [0, 0.05) is 32.8 Å². The fourth-order valence-corrected chi connectivity index (χ4v) is 2.68. The van der Waals surface area contributed by atoms with Crippen molar-refractivity contribution in [2.24, 2.45) is 10.7 Å². The number of hydrogen-bond acceptors (Lipinski definition) is 5. The summed E-state index contributed by atoms with van der Waals surface area (Å²) in [4.78, 5) is 6.84. The normalized spacial score (nSPS) is 17.1. The van der Waals surface area contributed by atoms with E-state index >= 15 is 0 Å². The van der Waals surface area contributed by atoms with Crippen LogP contribution in [0.3, 0.4) is 0 Å². The zero-order valence-electron chi connectivity index (χ0n) is 15.2. The van der Waals surface area contributed by atoms with E-state index < -0.39 is 0 Å². The summed E-state index contributed by atoms with van der Waals surface area (Å²) in [7, 11) is 0. The van der Waals surface area contributed by atoms with Gasteiger partial charge >= 0.3 is 0 Å². The van der Waals surface area contributed by atoms with Gasteiger partial charge in [0.15, 0.2) is 5.96 Å². The molecule has 0 aliphatic carbocycles. The maximum atomic E-state index is 5.97. The number of aliphatic imine (C=N–C) groups is 1. The molecular weight excluding hydrogens is 435 g/mol. The van der Waals surface area contributed by atoms with Gasteiger partial charge in [-0.2, -0.15) is 0 Å². The molecule has 1 saturated heterocycles. The van der Waals surface area contributed by atoms with Crippen LogP contribution >= 0.6 is 24.0 Å². The second kappa shape index (κ2) is 12.5. The first-order valence-electron chi connectivity index (χ1n) is 8.70. The first-order valence-corrected chi connectivity index (χ1v) is 8.70. The van der Waals surface area contributed by atoms with E-state index in [1.165, 1.54) is 0 Å². The lowest BCUT2D eigenvalue weighted by Crippen LogP contribution is -2.41. The van der Waals surface area contributed by atoms with Gasteiger partial charge in [-0.3, -0.25) is 9.89 Å². The second-order valence-electron chi connectivity index (χ2n) is 5.82. The minimum absolute atomic E-state index is 0. The summed E-state index contributed by atoms with van der Waals surface area (Å²) in [5.41, 5.74) is 5.97. The first kappa shape index (κ1) is 22.2. The molecule has 3 N–H and O–H groups in total. The molecule has 1 aliphatic heterocycles. The average molecular weight is 466 g/mol. The second-order valence-corrected chi connectivity index (χ2v) is 5.82. The Labute approximate surface area is 167 Å². The van der Waals surface area contributed by atoms with Crippen LogP contribution in [0.5, 0.6) is 0 Å². The van der Waals surface area contributed by atoms with E-state index in [1.54, 1.807) is 0 Å². The van der Waals surface area contributed by atoms with Crippen LogP contribution in [0.15, 0.2) is 21.5 Å². The Morgan fingerprint density at radius 1 is 1.40 bits per heavy atom.